The van der Waals surface area contributed by atoms with Crippen LogP contribution in [0, 0.1) is 12.3 Å². The van der Waals surface area contributed by atoms with Gasteiger partial charge in [-0.25, -0.2) is 4.98 Å². The van der Waals surface area contributed by atoms with E-state index in [0.29, 0.717) is 11.5 Å². The summed E-state index contributed by atoms with van der Waals surface area (Å²) in [5, 5.41) is 7.27. The Balaban J connectivity index is 2.10. The number of rotatable bonds is 7. The average molecular weight is 280 g/mol. The van der Waals surface area contributed by atoms with Gasteiger partial charge in [0.2, 0.25) is 0 Å². The summed E-state index contributed by atoms with van der Waals surface area (Å²) < 4.78 is 0. The predicted molar refractivity (Wildman–Crippen MR) is 83.8 cm³/mol. The van der Waals surface area contributed by atoms with Crippen molar-refractivity contribution >= 4 is 11.3 Å². The lowest BCUT2D eigenvalue weighted by molar-refractivity contribution is 0.184. The molecule has 0 saturated heterocycles. The Hall–Kier alpha value is -0.410. The summed E-state index contributed by atoms with van der Waals surface area (Å²) in [6, 6.07) is 0.612. The SMILES string of the molecule is CCCNC(Cc1csc(C)n1)C1(CC)CCCC1. The normalized spacial score (nSPS) is 19.7. The highest BCUT2D eigenvalue weighted by Gasteiger charge is 2.39. The van der Waals surface area contributed by atoms with Crippen molar-refractivity contribution < 1.29 is 0 Å². The van der Waals surface area contributed by atoms with Crippen LogP contribution in [-0.4, -0.2) is 17.6 Å². The maximum Gasteiger partial charge on any atom is 0.0897 e. The maximum atomic E-state index is 4.67. The Kier molecular flexibility index (Phi) is 5.40. The van der Waals surface area contributed by atoms with Crippen LogP contribution in [0.4, 0.5) is 0 Å². The molecule has 1 aromatic rings. The molecular weight excluding hydrogens is 252 g/mol. The number of aryl methyl sites for hydroxylation is 1. The molecule has 2 nitrogen and oxygen atoms in total. The molecule has 1 unspecified atom stereocenters. The third-order valence-electron chi connectivity index (χ3n) is 4.76. The van der Waals surface area contributed by atoms with Crippen molar-refractivity contribution in [2.75, 3.05) is 6.54 Å². The Morgan fingerprint density at radius 2 is 2.11 bits per heavy atom. The summed E-state index contributed by atoms with van der Waals surface area (Å²) in [5.74, 6) is 0. The lowest BCUT2D eigenvalue weighted by Crippen LogP contribution is -2.45. The number of nitrogens with one attached hydrogen (secondary N) is 1. The summed E-state index contributed by atoms with van der Waals surface area (Å²) in [6.45, 7) is 7.87. The number of nitrogens with zero attached hydrogens (tertiary/aromatic N) is 1. The van der Waals surface area contributed by atoms with Gasteiger partial charge in [0.15, 0.2) is 0 Å². The van der Waals surface area contributed by atoms with Gasteiger partial charge < -0.3 is 5.32 Å². The molecule has 0 aliphatic heterocycles. The minimum atomic E-state index is 0.521. The highest BCUT2D eigenvalue weighted by atomic mass is 32.1. The van der Waals surface area contributed by atoms with E-state index < -0.39 is 0 Å². The predicted octanol–water partition coefficient (Wildman–Crippen LogP) is 4.33. The van der Waals surface area contributed by atoms with E-state index in [-0.39, 0.29) is 0 Å². The molecule has 0 bridgehead atoms. The van der Waals surface area contributed by atoms with Gasteiger partial charge in [0, 0.05) is 17.8 Å². The van der Waals surface area contributed by atoms with Crippen molar-refractivity contribution in [3.63, 3.8) is 0 Å². The van der Waals surface area contributed by atoms with Gasteiger partial charge in [0.05, 0.1) is 10.7 Å². The summed E-state index contributed by atoms with van der Waals surface area (Å²) >= 11 is 1.78. The topological polar surface area (TPSA) is 24.9 Å². The maximum absolute atomic E-state index is 4.67. The Labute approximate surface area is 122 Å². The molecular formula is C16H28N2S. The molecule has 0 aromatic carbocycles. The molecule has 0 amide bonds. The zero-order valence-electron chi connectivity index (χ0n) is 12.7. The molecule has 1 heterocycles. The number of hydrogen-bond acceptors (Lipinski definition) is 3. The minimum Gasteiger partial charge on any atom is -0.313 e. The van der Waals surface area contributed by atoms with E-state index in [9.17, 15) is 0 Å². The third kappa shape index (κ3) is 3.57. The quantitative estimate of drug-likeness (QED) is 0.804. The fourth-order valence-electron chi connectivity index (χ4n) is 3.56. The first-order chi connectivity index (χ1) is 9.20. The summed E-state index contributed by atoms with van der Waals surface area (Å²) in [4.78, 5) is 4.67. The van der Waals surface area contributed by atoms with Crippen LogP contribution in [0.15, 0.2) is 5.38 Å². The molecule has 1 N–H and O–H groups in total. The van der Waals surface area contributed by atoms with Gasteiger partial charge in [-0.05, 0) is 44.6 Å². The van der Waals surface area contributed by atoms with Gasteiger partial charge in [-0.1, -0.05) is 26.7 Å². The Morgan fingerprint density at radius 3 is 2.63 bits per heavy atom. The van der Waals surface area contributed by atoms with Crippen LogP contribution in [0.5, 0.6) is 0 Å². The first kappa shape index (κ1) is 15.0. The molecule has 19 heavy (non-hydrogen) atoms. The van der Waals surface area contributed by atoms with E-state index in [0.717, 1.165) is 13.0 Å². The van der Waals surface area contributed by atoms with Crippen molar-refractivity contribution in [2.24, 2.45) is 5.41 Å². The summed E-state index contributed by atoms with van der Waals surface area (Å²) in [5.41, 5.74) is 1.81. The van der Waals surface area contributed by atoms with E-state index in [4.69, 9.17) is 0 Å². The van der Waals surface area contributed by atoms with Crippen LogP contribution in [-0.2, 0) is 6.42 Å². The number of aromatic nitrogens is 1. The zero-order chi connectivity index (χ0) is 13.7. The average Bonchev–Trinajstić information content (AvgIpc) is 3.04. The van der Waals surface area contributed by atoms with Gasteiger partial charge in [-0.2, -0.15) is 0 Å². The second-order valence-electron chi connectivity index (χ2n) is 5.99. The number of thiazole rings is 1. The zero-order valence-corrected chi connectivity index (χ0v) is 13.5. The molecule has 0 spiro atoms. The molecule has 1 fully saturated rings. The molecule has 0 radical (unpaired) electrons. The summed E-state index contributed by atoms with van der Waals surface area (Å²) in [7, 11) is 0. The monoisotopic (exact) mass is 280 g/mol. The second kappa shape index (κ2) is 6.85. The standard InChI is InChI=1S/C16H28N2S/c1-4-10-17-15(11-14-12-19-13(3)18-14)16(5-2)8-6-7-9-16/h12,15,17H,4-11H2,1-3H3. The molecule has 108 valence electrons. The largest absolute Gasteiger partial charge is 0.313 e. The van der Waals surface area contributed by atoms with Gasteiger partial charge >= 0.3 is 0 Å². The molecule has 3 heteroatoms. The highest BCUT2D eigenvalue weighted by molar-refractivity contribution is 7.09. The molecule has 1 atom stereocenters. The van der Waals surface area contributed by atoms with Crippen molar-refractivity contribution in [3.05, 3.63) is 16.1 Å². The van der Waals surface area contributed by atoms with Crippen molar-refractivity contribution in [3.8, 4) is 0 Å². The van der Waals surface area contributed by atoms with Crippen molar-refractivity contribution in [2.45, 2.75) is 71.8 Å². The van der Waals surface area contributed by atoms with Crippen molar-refractivity contribution in [1.82, 2.24) is 10.3 Å². The Morgan fingerprint density at radius 1 is 1.37 bits per heavy atom. The molecule has 1 aromatic heterocycles. The van der Waals surface area contributed by atoms with Crippen LogP contribution in [0.2, 0.25) is 0 Å². The van der Waals surface area contributed by atoms with E-state index >= 15 is 0 Å². The fourth-order valence-corrected chi connectivity index (χ4v) is 4.19. The van der Waals surface area contributed by atoms with Gasteiger partial charge in [-0.15, -0.1) is 11.3 Å². The van der Waals surface area contributed by atoms with Gasteiger partial charge in [0.1, 0.15) is 0 Å². The molecule has 1 saturated carbocycles. The minimum absolute atomic E-state index is 0.521. The van der Waals surface area contributed by atoms with E-state index in [1.165, 1.54) is 49.2 Å². The van der Waals surface area contributed by atoms with Crippen LogP contribution in [0.25, 0.3) is 0 Å². The first-order valence-electron chi connectivity index (χ1n) is 7.84. The van der Waals surface area contributed by atoms with Gasteiger partial charge in [-0.3, -0.25) is 0 Å². The van der Waals surface area contributed by atoms with Gasteiger partial charge in [0.25, 0.3) is 0 Å². The Bertz CT molecular complexity index is 380. The lowest BCUT2D eigenvalue weighted by atomic mass is 9.74. The highest BCUT2D eigenvalue weighted by Crippen LogP contribution is 2.44. The second-order valence-corrected chi connectivity index (χ2v) is 7.05. The number of hydrogen-bond donors (Lipinski definition) is 1. The summed E-state index contributed by atoms with van der Waals surface area (Å²) in [6.07, 6.45) is 9.24. The van der Waals surface area contributed by atoms with E-state index in [1.54, 1.807) is 11.3 Å². The van der Waals surface area contributed by atoms with Crippen LogP contribution < -0.4 is 5.32 Å². The smallest absolute Gasteiger partial charge is 0.0897 e. The van der Waals surface area contributed by atoms with Crippen LogP contribution in [0.3, 0.4) is 0 Å². The van der Waals surface area contributed by atoms with E-state index in [2.05, 4.69) is 36.5 Å². The molecule has 1 aliphatic carbocycles. The lowest BCUT2D eigenvalue weighted by Gasteiger charge is -2.37. The molecule has 2 rings (SSSR count). The first-order valence-corrected chi connectivity index (χ1v) is 8.72. The fraction of sp³-hybridized carbons (Fsp3) is 0.812. The van der Waals surface area contributed by atoms with Crippen LogP contribution >= 0.6 is 11.3 Å². The molecule has 1 aliphatic rings. The third-order valence-corrected chi connectivity index (χ3v) is 5.59. The van der Waals surface area contributed by atoms with Crippen LogP contribution in [0.1, 0.15) is 63.1 Å². The van der Waals surface area contributed by atoms with E-state index in [1.807, 2.05) is 0 Å². The van der Waals surface area contributed by atoms with Crippen molar-refractivity contribution in [1.29, 1.82) is 0 Å².